The van der Waals surface area contributed by atoms with Crippen LogP contribution in [0.5, 0.6) is 0 Å². The van der Waals surface area contributed by atoms with E-state index in [9.17, 15) is 24.3 Å². The quantitative estimate of drug-likeness (QED) is 0.427. The molecular weight excluding hydrogens is 493 g/mol. The number of nitrogens with two attached hydrogens (primary N) is 1. The van der Waals surface area contributed by atoms with Crippen LogP contribution in [-0.2, 0) is 9.59 Å². The summed E-state index contributed by atoms with van der Waals surface area (Å²) in [6.45, 7) is 5.66. The molecule has 0 aromatic carbocycles. The predicted molar refractivity (Wildman–Crippen MR) is 135 cm³/mol. The number of aromatic nitrogens is 1. The van der Waals surface area contributed by atoms with Crippen LogP contribution in [0.4, 0.5) is 10.1 Å². The maximum atomic E-state index is 15.3. The SMILES string of the molecule is Cc1c(N2CC[C@H](NC(=O)[C@H](C)NC(=O)[C@H](C)N)C2)c(F)cn2c(=O)c(C(=O)O)cc(C3CC3)c12.Cl. The van der Waals surface area contributed by atoms with E-state index in [4.69, 9.17) is 5.73 Å². The topological polar surface area (TPSA) is 146 Å². The van der Waals surface area contributed by atoms with Gasteiger partial charge in [0.25, 0.3) is 5.56 Å². The maximum absolute atomic E-state index is 15.3. The molecule has 10 nitrogen and oxygen atoms in total. The number of halogens is 2. The first-order valence-electron chi connectivity index (χ1n) is 11.7. The first-order valence-corrected chi connectivity index (χ1v) is 11.7. The highest BCUT2D eigenvalue weighted by molar-refractivity contribution is 5.90. The van der Waals surface area contributed by atoms with Gasteiger partial charge in [-0.25, -0.2) is 9.18 Å². The number of amides is 2. The summed E-state index contributed by atoms with van der Waals surface area (Å²) in [7, 11) is 0. The third-order valence-electron chi connectivity index (χ3n) is 6.71. The Kier molecular flexibility index (Phi) is 7.94. The van der Waals surface area contributed by atoms with Crippen LogP contribution in [0.3, 0.4) is 0 Å². The lowest BCUT2D eigenvalue weighted by molar-refractivity contribution is -0.129. The van der Waals surface area contributed by atoms with Crippen molar-refractivity contribution in [2.45, 2.75) is 64.1 Å². The van der Waals surface area contributed by atoms with Crippen molar-refractivity contribution in [3.8, 4) is 0 Å². The number of carboxylic acid groups (broad SMARTS) is 1. The molecule has 1 aliphatic carbocycles. The number of nitrogens with one attached hydrogen (secondary N) is 2. The zero-order valence-corrected chi connectivity index (χ0v) is 21.2. The number of pyridine rings is 2. The molecule has 0 bridgehead atoms. The molecule has 2 fully saturated rings. The van der Waals surface area contributed by atoms with Gasteiger partial charge in [0.05, 0.1) is 23.4 Å². The Morgan fingerprint density at radius 2 is 1.86 bits per heavy atom. The van der Waals surface area contributed by atoms with Gasteiger partial charge in [0.2, 0.25) is 11.8 Å². The van der Waals surface area contributed by atoms with Crippen LogP contribution < -0.4 is 26.8 Å². The van der Waals surface area contributed by atoms with E-state index >= 15 is 4.39 Å². The average Bonchev–Trinajstić information content (AvgIpc) is 3.53. The van der Waals surface area contributed by atoms with Gasteiger partial charge < -0.3 is 26.4 Å². The van der Waals surface area contributed by atoms with Crippen molar-refractivity contribution in [3.63, 3.8) is 0 Å². The van der Waals surface area contributed by atoms with E-state index in [1.54, 1.807) is 13.8 Å². The standard InChI is InChI=1S/C24H30FN5O5.ClH/c1-11-19-16(14-4-5-14)8-17(24(34)35)23(33)30(19)10-18(25)20(11)29-7-6-15(9-29)28-22(32)13(3)27-21(31)12(2)26;/h8,10,12-15H,4-7,9,26H2,1-3H3,(H,27,31)(H,28,32)(H,34,35);1H/t12-,13-,15-;/m0./s1. The Bertz CT molecular complexity index is 1280. The minimum Gasteiger partial charge on any atom is -0.477 e. The minimum absolute atomic E-state index is 0. The summed E-state index contributed by atoms with van der Waals surface area (Å²) in [6, 6.07) is -0.326. The van der Waals surface area contributed by atoms with Crippen LogP contribution in [0.1, 0.15) is 60.5 Å². The Morgan fingerprint density at radius 3 is 2.44 bits per heavy atom. The van der Waals surface area contributed by atoms with Gasteiger partial charge in [0, 0.05) is 19.1 Å². The van der Waals surface area contributed by atoms with E-state index in [2.05, 4.69) is 10.6 Å². The van der Waals surface area contributed by atoms with Crippen molar-refractivity contribution in [2.75, 3.05) is 18.0 Å². The lowest BCUT2D eigenvalue weighted by Gasteiger charge is -2.24. The van der Waals surface area contributed by atoms with Crippen molar-refractivity contribution in [3.05, 3.63) is 45.1 Å². The first kappa shape index (κ1) is 27.4. The molecule has 2 aromatic rings. The number of carboxylic acids is 1. The molecule has 0 unspecified atom stereocenters. The monoisotopic (exact) mass is 523 g/mol. The highest BCUT2D eigenvalue weighted by atomic mass is 35.5. The molecule has 36 heavy (non-hydrogen) atoms. The molecule has 12 heteroatoms. The molecule has 1 saturated heterocycles. The van der Waals surface area contributed by atoms with E-state index in [0.717, 1.165) is 29.0 Å². The maximum Gasteiger partial charge on any atom is 0.341 e. The van der Waals surface area contributed by atoms with Gasteiger partial charge in [-0.05, 0) is 63.1 Å². The first-order chi connectivity index (χ1) is 16.5. The number of aromatic carboxylic acids is 1. The van der Waals surface area contributed by atoms with E-state index in [-0.39, 0.29) is 35.8 Å². The largest absolute Gasteiger partial charge is 0.477 e. The third-order valence-corrected chi connectivity index (χ3v) is 6.71. The number of nitrogens with zero attached hydrogens (tertiary/aromatic N) is 2. The molecule has 0 spiro atoms. The number of anilines is 1. The molecule has 0 radical (unpaired) electrons. The second kappa shape index (κ2) is 10.4. The van der Waals surface area contributed by atoms with Crippen molar-refractivity contribution in [2.24, 2.45) is 5.73 Å². The lowest BCUT2D eigenvalue weighted by atomic mass is 10.0. The lowest BCUT2D eigenvalue weighted by Crippen LogP contribution is -2.51. The fraction of sp³-hybridized carbons (Fsp3) is 0.500. The van der Waals surface area contributed by atoms with Crippen molar-refractivity contribution < 1.29 is 23.9 Å². The van der Waals surface area contributed by atoms with Gasteiger partial charge >= 0.3 is 5.97 Å². The Labute approximate surface area is 213 Å². The number of carbonyl (C=O) groups excluding carboxylic acids is 2. The van der Waals surface area contributed by atoms with Crippen molar-refractivity contribution in [1.29, 1.82) is 0 Å². The highest BCUT2D eigenvalue weighted by Crippen LogP contribution is 2.44. The number of carbonyl (C=O) groups is 3. The Balaban J connectivity index is 0.00000361. The van der Waals surface area contributed by atoms with E-state index in [0.29, 0.717) is 36.3 Å². The van der Waals surface area contributed by atoms with Crippen LogP contribution >= 0.6 is 12.4 Å². The average molecular weight is 524 g/mol. The van der Waals surface area contributed by atoms with Gasteiger partial charge in [0.1, 0.15) is 11.6 Å². The van der Waals surface area contributed by atoms with Crippen molar-refractivity contribution >= 4 is 41.4 Å². The normalized spacial score (nSPS) is 18.9. The van der Waals surface area contributed by atoms with Gasteiger partial charge in [-0.3, -0.25) is 18.8 Å². The summed E-state index contributed by atoms with van der Waals surface area (Å²) in [4.78, 5) is 50.5. The fourth-order valence-electron chi connectivity index (χ4n) is 4.71. The summed E-state index contributed by atoms with van der Waals surface area (Å²) >= 11 is 0. The molecule has 5 N–H and O–H groups in total. The Hall–Kier alpha value is -3.18. The predicted octanol–water partition coefficient (Wildman–Crippen LogP) is 1.29. The van der Waals surface area contributed by atoms with Crippen LogP contribution in [-0.4, -0.2) is 58.5 Å². The molecule has 2 amide bonds. The minimum atomic E-state index is -1.34. The molecule has 1 saturated carbocycles. The second-order valence-electron chi connectivity index (χ2n) is 9.53. The zero-order valence-electron chi connectivity index (χ0n) is 20.3. The summed E-state index contributed by atoms with van der Waals surface area (Å²) in [5, 5.41) is 14.9. The van der Waals surface area contributed by atoms with E-state index < -0.39 is 35.3 Å². The van der Waals surface area contributed by atoms with Crippen LogP contribution in [0, 0.1) is 12.7 Å². The van der Waals surface area contributed by atoms with Crippen LogP contribution in [0.15, 0.2) is 17.1 Å². The molecule has 2 aromatic heterocycles. The molecule has 4 rings (SSSR count). The number of aryl methyl sites for hydroxylation is 1. The summed E-state index contributed by atoms with van der Waals surface area (Å²) in [6.07, 6.45) is 3.41. The number of fused-ring (bicyclic) bond motifs is 1. The number of rotatable bonds is 7. The van der Waals surface area contributed by atoms with Gasteiger partial charge in [0.15, 0.2) is 5.82 Å². The van der Waals surface area contributed by atoms with E-state index in [1.165, 1.54) is 13.0 Å². The van der Waals surface area contributed by atoms with Crippen LogP contribution in [0.25, 0.3) is 5.52 Å². The van der Waals surface area contributed by atoms with E-state index in [1.807, 2.05) is 4.90 Å². The van der Waals surface area contributed by atoms with Gasteiger partial charge in [-0.1, -0.05) is 0 Å². The molecule has 3 atom stereocenters. The molecular formula is C24H31ClFN5O5. The number of hydrogen-bond acceptors (Lipinski definition) is 6. The summed E-state index contributed by atoms with van der Waals surface area (Å²) in [5.41, 5.74) is 6.57. The zero-order chi connectivity index (χ0) is 25.6. The summed E-state index contributed by atoms with van der Waals surface area (Å²) in [5.74, 6) is -2.62. The molecule has 196 valence electrons. The summed E-state index contributed by atoms with van der Waals surface area (Å²) < 4.78 is 16.4. The second-order valence-corrected chi connectivity index (χ2v) is 9.53. The molecule has 2 aliphatic rings. The number of hydrogen-bond donors (Lipinski definition) is 4. The highest BCUT2D eigenvalue weighted by Gasteiger charge is 2.33. The van der Waals surface area contributed by atoms with Gasteiger partial charge in [-0.15, -0.1) is 12.4 Å². The smallest absolute Gasteiger partial charge is 0.341 e. The van der Waals surface area contributed by atoms with Crippen LogP contribution in [0.2, 0.25) is 0 Å². The third kappa shape index (κ3) is 5.17. The van der Waals surface area contributed by atoms with Gasteiger partial charge in [-0.2, -0.15) is 0 Å². The fourth-order valence-corrected chi connectivity index (χ4v) is 4.71. The van der Waals surface area contributed by atoms with Crippen molar-refractivity contribution in [1.82, 2.24) is 15.0 Å². The molecule has 3 heterocycles. The Morgan fingerprint density at radius 1 is 1.19 bits per heavy atom. The molecule has 1 aliphatic heterocycles.